The number of nitrogens with one attached hydrogen (secondary N) is 1. The summed E-state index contributed by atoms with van der Waals surface area (Å²) in [5.41, 5.74) is 2.94. The van der Waals surface area contributed by atoms with Crippen LogP contribution in [0.5, 0.6) is 11.5 Å². The first kappa shape index (κ1) is 22.6. The van der Waals surface area contributed by atoms with Gasteiger partial charge in [0.05, 0.1) is 6.61 Å². The van der Waals surface area contributed by atoms with Crippen LogP contribution in [0.3, 0.4) is 0 Å². The zero-order chi connectivity index (χ0) is 22.9. The first-order valence-electron chi connectivity index (χ1n) is 10.1. The molecule has 0 aliphatic rings. The molecule has 0 saturated heterocycles. The summed E-state index contributed by atoms with van der Waals surface area (Å²) >= 11 is 0. The van der Waals surface area contributed by atoms with Crippen LogP contribution >= 0.6 is 0 Å². The number of nitrogens with zero attached hydrogens (tertiary/aromatic N) is 1. The maximum Gasteiger partial charge on any atom is 0.266 e. The lowest BCUT2D eigenvalue weighted by Gasteiger charge is -2.13. The van der Waals surface area contributed by atoms with Crippen LogP contribution in [-0.2, 0) is 11.4 Å². The van der Waals surface area contributed by atoms with Crippen molar-refractivity contribution in [3.63, 3.8) is 0 Å². The van der Waals surface area contributed by atoms with Gasteiger partial charge in [-0.3, -0.25) is 4.79 Å². The number of amides is 1. The van der Waals surface area contributed by atoms with Crippen LogP contribution in [0.15, 0.2) is 72.3 Å². The van der Waals surface area contributed by atoms with Crippen molar-refractivity contribution >= 4 is 17.7 Å². The van der Waals surface area contributed by atoms with E-state index in [1.165, 1.54) is 18.2 Å². The maximum absolute atomic E-state index is 13.4. The van der Waals surface area contributed by atoms with E-state index >= 15 is 0 Å². The molecule has 3 rings (SSSR count). The summed E-state index contributed by atoms with van der Waals surface area (Å²) in [7, 11) is 0. The molecular formula is C26H23FN2O3. The summed E-state index contributed by atoms with van der Waals surface area (Å²) < 4.78 is 24.8. The molecule has 3 aromatic rings. The average Bonchev–Trinajstić information content (AvgIpc) is 2.78. The highest BCUT2D eigenvalue weighted by molar-refractivity contribution is 6.09. The number of hydrogen-bond donors (Lipinski definition) is 1. The van der Waals surface area contributed by atoms with E-state index in [4.69, 9.17) is 9.47 Å². The van der Waals surface area contributed by atoms with Gasteiger partial charge in [0.2, 0.25) is 0 Å². The lowest BCUT2D eigenvalue weighted by molar-refractivity contribution is -0.112. The second-order valence-electron chi connectivity index (χ2n) is 7.05. The third kappa shape index (κ3) is 6.19. The number of ether oxygens (including phenoxy) is 2. The van der Waals surface area contributed by atoms with E-state index in [0.29, 0.717) is 34.9 Å². The van der Waals surface area contributed by atoms with Gasteiger partial charge in [0, 0.05) is 5.69 Å². The Morgan fingerprint density at radius 2 is 1.84 bits per heavy atom. The SMILES string of the molecule is CCOc1cc(/C=C(\C#N)C(=O)Nc2ccc(C)cc2)ccc1OCc1cccc(F)c1. The highest BCUT2D eigenvalue weighted by atomic mass is 19.1. The van der Waals surface area contributed by atoms with Gasteiger partial charge in [-0.1, -0.05) is 35.9 Å². The molecule has 0 spiro atoms. The van der Waals surface area contributed by atoms with E-state index in [9.17, 15) is 14.4 Å². The third-order valence-corrected chi connectivity index (χ3v) is 4.54. The van der Waals surface area contributed by atoms with Crippen LogP contribution in [-0.4, -0.2) is 12.5 Å². The number of carbonyl (C=O) groups excluding carboxylic acids is 1. The van der Waals surface area contributed by atoms with Crippen LogP contribution in [0, 0.1) is 24.1 Å². The fourth-order valence-electron chi connectivity index (χ4n) is 2.94. The van der Waals surface area contributed by atoms with E-state index in [0.717, 1.165) is 5.56 Å². The molecule has 0 aliphatic carbocycles. The minimum absolute atomic E-state index is 0.0403. The van der Waals surface area contributed by atoms with Gasteiger partial charge < -0.3 is 14.8 Å². The summed E-state index contributed by atoms with van der Waals surface area (Å²) in [6, 6.07) is 20.5. The summed E-state index contributed by atoms with van der Waals surface area (Å²) in [5, 5.41) is 12.2. The van der Waals surface area contributed by atoms with E-state index in [-0.39, 0.29) is 18.0 Å². The predicted octanol–water partition coefficient (Wildman–Crippen LogP) is 5.66. The van der Waals surface area contributed by atoms with E-state index < -0.39 is 5.91 Å². The monoisotopic (exact) mass is 430 g/mol. The van der Waals surface area contributed by atoms with Gasteiger partial charge in [0.1, 0.15) is 24.1 Å². The maximum atomic E-state index is 13.4. The van der Waals surface area contributed by atoms with Crippen LogP contribution in [0.1, 0.15) is 23.6 Å². The van der Waals surface area contributed by atoms with Crippen molar-refractivity contribution in [2.75, 3.05) is 11.9 Å². The Morgan fingerprint density at radius 1 is 1.06 bits per heavy atom. The first-order chi connectivity index (χ1) is 15.5. The Kier molecular flexibility index (Phi) is 7.60. The average molecular weight is 430 g/mol. The number of hydrogen-bond acceptors (Lipinski definition) is 4. The van der Waals surface area contributed by atoms with Gasteiger partial charge in [0.15, 0.2) is 11.5 Å². The molecule has 0 unspecified atom stereocenters. The molecule has 162 valence electrons. The van der Waals surface area contributed by atoms with Gasteiger partial charge in [-0.15, -0.1) is 0 Å². The largest absolute Gasteiger partial charge is 0.490 e. The Labute approximate surface area is 186 Å². The fourth-order valence-corrected chi connectivity index (χ4v) is 2.94. The summed E-state index contributed by atoms with van der Waals surface area (Å²) in [5.74, 6) is 0.120. The van der Waals surface area contributed by atoms with Gasteiger partial charge in [-0.2, -0.15) is 5.26 Å². The summed E-state index contributed by atoms with van der Waals surface area (Å²) in [4.78, 5) is 12.5. The fraction of sp³-hybridized carbons (Fsp3) is 0.154. The number of anilines is 1. The summed E-state index contributed by atoms with van der Waals surface area (Å²) in [6.45, 7) is 4.38. The van der Waals surface area contributed by atoms with Gasteiger partial charge >= 0.3 is 0 Å². The van der Waals surface area contributed by atoms with Gasteiger partial charge in [0.25, 0.3) is 5.91 Å². The van der Waals surface area contributed by atoms with E-state index in [2.05, 4.69) is 5.32 Å². The highest BCUT2D eigenvalue weighted by Crippen LogP contribution is 2.30. The Hall–Kier alpha value is -4.11. The normalized spacial score (nSPS) is 10.9. The predicted molar refractivity (Wildman–Crippen MR) is 122 cm³/mol. The first-order valence-corrected chi connectivity index (χ1v) is 10.1. The quantitative estimate of drug-likeness (QED) is 0.370. The molecule has 0 radical (unpaired) electrons. The van der Waals surface area contributed by atoms with Crippen LogP contribution in [0.25, 0.3) is 6.08 Å². The van der Waals surface area contributed by atoms with Crippen LogP contribution in [0.4, 0.5) is 10.1 Å². The van der Waals surface area contributed by atoms with Crippen LogP contribution in [0.2, 0.25) is 0 Å². The number of aryl methyl sites for hydroxylation is 1. The molecule has 3 aromatic carbocycles. The smallest absolute Gasteiger partial charge is 0.266 e. The molecule has 5 nitrogen and oxygen atoms in total. The van der Waals surface area contributed by atoms with Crippen molar-refractivity contribution in [1.29, 1.82) is 5.26 Å². The lowest BCUT2D eigenvalue weighted by Crippen LogP contribution is -2.13. The van der Waals surface area contributed by atoms with Crippen molar-refractivity contribution in [1.82, 2.24) is 0 Å². The Balaban J connectivity index is 1.77. The standard InChI is InChI=1S/C26H23FN2O3/c1-3-31-25-15-19(9-12-24(25)32-17-20-5-4-6-22(27)14-20)13-21(16-28)26(30)29-23-10-7-18(2)8-11-23/h4-15H,3,17H2,1-2H3,(H,29,30)/b21-13+. The molecule has 0 fully saturated rings. The van der Waals surface area contributed by atoms with Gasteiger partial charge in [-0.25, -0.2) is 4.39 Å². The number of nitriles is 1. The van der Waals surface area contributed by atoms with Crippen molar-refractivity contribution < 1.29 is 18.7 Å². The number of rotatable bonds is 8. The second-order valence-corrected chi connectivity index (χ2v) is 7.05. The number of halogens is 1. The molecule has 0 bridgehead atoms. The second kappa shape index (κ2) is 10.8. The van der Waals surface area contributed by atoms with Crippen molar-refractivity contribution in [2.45, 2.75) is 20.5 Å². The minimum atomic E-state index is -0.499. The molecule has 1 N–H and O–H groups in total. The lowest BCUT2D eigenvalue weighted by atomic mass is 10.1. The Morgan fingerprint density at radius 3 is 2.53 bits per heavy atom. The molecule has 0 aromatic heterocycles. The van der Waals surface area contributed by atoms with Crippen LogP contribution < -0.4 is 14.8 Å². The van der Waals surface area contributed by atoms with Gasteiger partial charge in [-0.05, 0) is 67.4 Å². The third-order valence-electron chi connectivity index (χ3n) is 4.54. The van der Waals surface area contributed by atoms with E-state index in [1.807, 2.05) is 32.0 Å². The zero-order valence-corrected chi connectivity index (χ0v) is 17.9. The van der Waals surface area contributed by atoms with E-state index in [1.54, 1.807) is 42.5 Å². The molecule has 0 atom stereocenters. The summed E-state index contributed by atoms with van der Waals surface area (Å²) in [6.07, 6.45) is 1.49. The topological polar surface area (TPSA) is 71.3 Å². The van der Waals surface area contributed by atoms with Crippen molar-refractivity contribution in [3.8, 4) is 17.6 Å². The molecule has 0 aliphatic heterocycles. The highest BCUT2D eigenvalue weighted by Gasteiger charge is 2.12. The molecular weight excluding hydrogens is 407 g/mol. The molecule has 0 heterocycles. The molecule has 32 heavy (non-hydrogen) atoms. The number of carbonyl (C=O) groups is 1. The molecule has 0 saturated carbocycles. The Bertz CT molecular complexity index is 1160. The zero-order valence-electron chi connectivity index (χ0n) is 17.9. The number of benzene rings is 3. The molecule has 6 heteroatoms. The van der Waals surface area contributed by atoms with Crippen molar-refractivity contribution in [3.05, 3.63) is 94.8 Å². The van der Waals surface area contributed by atoms with Crippen molar-refractivity contribution in [2.24, 2.45) is 0 Å². The molecule has 1 amide bonds. The minimum Gasteiger partial charge on any atom is -0.490 e.